The summed E-state index contributed by atoms with van der Waals surface area (Å²) in [6.45, 7) is 2.03. The molecule has 0 fully saturated rings. The molecule has 0 radical (unpaired) electrons. The molecule has 1 heterocycles. The van der Waals surface area contributed by atoms with Gasteiger partial charge in [-0.25, -0.2) is 4.98 Å². The highest BCUT2D eigenvalue weighted by Gasteiger charge is 2.11. The molecule has 0 unspecified atom stereocenters. The van der Waals surface area contributed by atoms with E-state index < -0.39 is 0 Å². The summed E-state index contributed by atoms with van der Waals surface area (Å²) in [5.41, 5.74) is 10.3. The van der Waals surface area contributed by atoms with Crippen LogP contribution in [-0.4, -0.2) is 10.7 Å². The summed E-state index contributed by atoms with van der Waals surface area (Å²) in [6, 6.07) is 14.9. The van der Waals surface area contributed by atoms with E-state index in [4.69, 9.17) is 0 Å². The van der Waals surface area contributed by atoms with Gasteiger partial charge in [0.2, 0.25) is 5.13 Å². The number of nitrogens with zero attached hydrogens (tertiary/aromatic N) is 2. The van der Waals surface area contributed by atoms with Gasteiger partial charge in [0.1, 0.15) is 0 Å². The van der Waals surface area contributed by atoms with Crippen LogP contribution in [0, 0.1) is 0 Å². The Bertz CT molecular complexity index is 928. The van der Waals surface area contributed by atoms with Crippen LogP contribution in [0.25, 0.3) is 11.3 Å². The molecule has 0 spiro atoms. The predicted octanol–water partition coefficient (Wildman–Crippen LogP) is 5.90. The van der Waals surface area contributed by atoms with Gasteiger partial charge in [-0.3, -0.25) is 5.43 Å². The summed E-state index contributed by atoms with van der Waals surface area (Å²) in [7, 11) is 0. The lowest BCUT2D eigenvalue weighted by molar-refractivity contribution is 0.912. The third-order valence-electron chi connectivity index (χ3n) is 4.48. The predicted molar refractivity (Wildman–Crippen MR) is 110 cm³/mol. The van der Waals surface area contributed by atoms with E-state index in [9.17, 15) is 0 Å². The Morgan fingerprint density at radius 1 is 1.12 bits per heavy atom. The lowest BCUT2D eigenvalue weighted by atomic mass is 10.0. The van der Waals surface area contributed by atoms with Crippen molar-refractivity contribution in [2.45, 2.75) is 26.2 Å². The largest absolute Gasteiger partial charge is 0.252 e. The Kier molecular flexibility index (Phi) is 4.68. The van der Waals surface area contributed by atoms with Gasteiger partial charge in [0.25, 0.3) is 0 Å². The number of halogens is 1. The maximum Gasteiger partial charge on any atom is 0.203 e. The molecule has 4 rings (SSSR count). The molecule has 0 amide bonds. The van der Waals surface area contributed by atoms with Gasteiger partial charge in [0, 0.05) is 15.4 Å². The summed E-state index contributed by atoms with van der Waals surface area (Å²) in [5.74, 6) is 0. The first kappa shape index (κ1) is 16.5. The molecule has 5 heteroatoms. The molecule has 1 aromatic heterocycles. The second kappa shape index (κ2) is 7.10. The molecule has 0 saturated heterocycles. The Hall–Kier alpha value is -1.98. The number of nitrogens with one attached hydrogen (secondary N) is 1. The quantitative estimate of drug-likeness (QED) is 0.428. The first-order valence-corrected chi connectivity index (χ1v) is 10.0. The Balaban J connectivity index is 1.49. The van der Waals surface area contributed by atoms with E-state index in [0.29, 0.717) is 0 Å². The van der Waals surface area contributed by atoms with E-state index in [1.165, 1.54) is 36.0 Å². The smallest absolute Gasteiger partial charge is 0.203 e. The molecule has 0 saturated carbocycles. The molecule has 126 valence electrons. The van der Waals surface area contributed by atoms with Crippen LogP contribution in [0.15, 0.2) is 57.4 Å². The first-order chi connectivity index (χ1) is 12.2. The third kappa shape index (κ3) is 3.67. The Morgan fingerprint density at radius 2 is 1.92 bits per heavy atom. The van der Waals surface area contributed by atoms with Crippen LogP contribution in [0.4, 0.5) is 5.13 Å². The minimum Gasteiger partial charge on any atom is -0.252 e. The second-order valence-electron chi connectivity index (χ2n) is 6.19. The monoisotopic (exact) mass is 411 g/mol. The number of hydrogen-bond acceptors (Lipinski definition) is 4. The molecule has 1 aliphatic carbocycles. The average molecular weight is 412 g/mol. The Morgan fingerprint density at radius 3 is 2.76 bits per heavy atom. The van der Waals surface area contributed by atoms with Crippen molar-refractivity contribution in [2.75, 3.05) is 5.43 Å². The lowest BCUT2D eigenvalue weighted by Crippen LogP contribution is -2.00. The molecule has 0 aliphatic heterocycles. The SMILES string of the molecule is C/C(=N\Nc1nc(-c2ccc(Br)cc2)cs1)c1ccc2c(c1)CCC2. The molecule has 0 bridgehead atoms. The zero-order chi connectivity index (χ0) is 17.2. The summed E-state index contributed by atoms with van der Waals surface area (Å²) in [4.78, 5) is 4.62. The summed E-state index contributed by atoms with van der Waals surface area (Å²) >= 11 is 5.02. The number of rotatable bonds is 4. The molecule has 3 nitrogen and oxygen atoms in total. The molecule has 0 atom stereocenters. The fraction of sp³-hybridized carbons (Fsp3) is 0.200. The van der Waals surface area contributed by atoms with Gasteiger partial charge in [0.05, 0.1) is 11.4 Å². The van der Waals surface area contributed by atoms with Crippen LogP contribution < -0.4 is 5.43 Å². The fourth-order valence-electron chi connectivity index (χ4n) is 3.07. The minimum absolute atomic E-state index is 0.804. The van der Waals surface area contributed by atoms with Crippen molar-refractivity contribution in [3.63, 3.8) is 0 Å². The number of anilines is 1. The number of thiazole rings is 1. The fourth-order valence-corrected chi connectivity index (χ4v) is 4.00. The highest BCUT2D eigenvalue weighted by atomic mass is 79.9. The van der Waals surface area contributed by atoms with E-state index in [1.54, 1.807) is 11.3 Å². The van der Waals surface area contributed by atoms with Gasteiger partial charge >= 0.3 is 0 Å². The van der Waals surface area contributed by atoms with E-state index >= 15 is 0 Å². The third-order valence-corrected chi connectivity index (χ3v) is 5.76. The van der Waals surface area contributed by atoms with Gasteiger partial charge < -0.3 is 0 Å². The number of hydrazone groups is 1. The molecule has 1 N–H and O–H groups in total. The number of benzene rings is 2. The van der Waals surface area contributed by atoms with Crippen molar-refractivity contribution < 1.29 is 0 Å². The number of aryl methyl sites for hydroxylation is 2. The summed E-state index contributed by atoms with van der Waals surface area (Å²) in [6.07, 6.45) is 3.67. The van der Waals surface area contributed by atoms with E-state index in [2.05, 4.69) is 61.8 Å². The average Bonchev–Trinajstić information content (AvgIpc) is 3.29. The van der Waals surface area contributed by atoms with Crippen LogP contribution in [0.3, 0.4) is 0 Å². The molecule has 2 aromatic carbocycles. The molecular weight excluding hydrogens is 394 g/mol. The number of aromatic nitrogens is 1. The van der Waals surface area contributed by atoms with Gasteiger partial charge in [0.15, 0.2) is 0 Å². The van der Waals surface area contributed by atoms with Crippen LogP contribution in [0.2, 0.25) is 0 Å². The zero-order valence-electron chi connectivity index (χ0n) is 13.9. The number of fused-ring (bicyclic) bond motifs is 1. The van der Waals surface area contributed by atoms with E-state index in [-0.39, 0.29) is 0 Å². The van der Waals surface area contributed by atoms with Crippen molar-refractivity contribution in [1.82, 2.24) is 4.98 Å². The van der Waals surface area contributed by atoms with E-state index in [0.717, 1.165) is 26.6 Å². The lowest BCUT2D eigenvalue weighted by Gasteiger charge is -2.05. The molecule has 25 heavy (non-hydrogen) atoms. The second-order valence-corrected chi connectivity index (χ2v) is 7.96. The highest BCUT2D eigenvalue weighted by molar-refractivity contribution is 9.10. The number of hydrogen-bond donors (Lipinski definition) is 1. The van der Waals surface area contributed by atoms with Gasteiger partial charge in [-0.1, -0.05) is 40.2 Å². The van der Waals surface area contributed by atoms with Gasteiger partial charge in [-0.05, 0) is 61.1 Å². The molecule has 1 aliphatic rings. The molecular formula is C20H18BrN3S. The minimum atomic E-state index is 0.804. The highest BCUT2D eigenvalue weighted by Crippen LogP contribution is 2.26. The zero-order valence-corrected chi connectivity index (χ0v) is 16.3. The summed E-state index contributed by atoms with van der Waals surface area (Å²) in [5, 5.41) is 7.37. The summed E-state index contributed by atoms with van der Waals surface area (Å²) < 4.78 is 1.07. The van der Waals surface area contributed by atoms with Crippen molar-refractivity contribution in [1.29, 1.82) is 0 Å². The van der Waals surface area contributed by atoms with Crippen LogP contribution in [0.1, 0.15) is 30.0 Å². The van der Waals surface area contributed by atoms with Crippen molar-refractivity contribution in [3.05, 3.63) is 69.0 Å². The normalized spacial score (nSPS) is 13.8. The van der Waals surface area contributed by atoms with Gasteiger partial charge in [-0.15, -0.1) is 11.3 Å². The van der Waals surface area contributed by atoms with Crippen LogP contribution >= 0.6 is 27.3 Å². The van der Waals surface area contributed by atoms with Crippen LogP contribution in [0.5, 0.6) is 0 Å². The van der Waals surface area contributed by atoms with E-state index in [1.807, 2.05) is 24.4 Å². The van der Waals surface area contributed by atoms with Crippen molar-refractivity contribution in [3.8, 4) is 11.3 Å². The maximum absolute atomic E-state index is 4.62. The van der Waals surface area contributed by atoms with Crippen molar-refractivity contribution in [2.24, 2.45) is 5.10 Å². The topological polar surface area (TPSA) is 37.3 Å². The first-order valence-electron chi connectivity index (χ1n) is 8.33. The molecule has 3 aromatic rings. The Labute approximate surface area is 160 Å². The standard InChI is InChI=1S/C20H18BrN3S/c1-13(16-6-5-14-3-2-4-17(14)11-16)23-24-20-22-19(12-25-20)15-7-9-18(21)10-8-15/h5-12H,2-4H2,1H3,(H,22,24)/b23-13+. The van der Waals surface area contributed by atoms with Crippen LogP contribution in [-0.2, 0) is 12.8 Å². The van der Waals surface area contributed by atoms with Crippen molar-refractivity contribution >= 4 is 38.1 Å². The van der Waals surface area contributed by atoms with Gasteiger partial charge in [-0.2, -0.15) is 5.10 Å². The maximum atomic E-state index is 4.62.